The predicted octanol–water partition coefficient (Wildman–Crippen LogP) is 3.09. The van der Waals surface area contributed by atoms with Gasteiger partial charge < -0.3 is 29.6 Å². The van der Waals surface area contributed by atoms with Crippen LogP contribution in [-0.4, -0.2) is 57.3 Å². The fourth-order valence-electron chi connectivity index (χ4n) is 3.67. The number of hydrogen-bond donors (Lipinski definition) is 2. The van der Waals surface area contributed by atoms with Crippen molar-refractivity contribution in [3.63, 3.8) is 0 Å². The van der Waals surface area contributed by atoms with Crippen molar-refractivity contribution in [3.05, 3.63) is 83.2 Å². The molecule has 2 amide bonds. The van der Waals surface area contributed by atoms with Crippen LogP contribution < -0.4 is 24.8 Å². The van der Waals surface area contributed by atoms with Crippen LogP contribution in [-0.2, 0) is 22.6 Å². The molecule has 0 unspecified atom stereocenters. The van der Waals surface area contributed by atoms with Crippen LogP contribution >= 0.6 is 0 Å². The maximum absolute atomic E-state index is 13.0. The number of aromatic nitrogens is 1. The summed E-state index contributed by atoms with van der Waals surface area (Å²) in [6, 6.07) is 15.2. The lowest BCUT2D eigenvalue weighted by atomic mass is 10.1. The molecule has 0 bridgehead atoms. The lowest BCUT2D eigenvalue weighted by Crippen LogP contribution is -2.49. The van der Waals surface area contributed by atoms with E-state index in [9.17, 15) is 9.59 Å². The van der Waals surface area contributed by atoms with Gasteiger partial charge in [0.25, 0.3) is 5.91 Å². The van der Waals surface area contributed by atoms with Crippen LogP contribution in [0, 0.1) is 6.92 Å². The summed E-state index contributed by atoms with van der Waals surface area (Å²) in [5, 5.41) is 5.67. The Morgan fingerprint density at radius 2 is 1.70 bits per heavy atom. The summed E-state index contributed by atoms with van der Waals surface area (Å²) in [4.78, 5) is 30.3. The highest BCUT2D eigenvalue weighted by molar-refractivity contribution is 5.97. The second-order valence-corrected chi connectivity index (χ2v) is 8.31. The van der Waals surface area contributed by atoms with Crippen molar-refractivity contribution in [1.82, 2.24) is 15.6 Å². The molecular weight excluding hydrogens is 474 g/mol. The Bertz CT molecular complexity index is 1160. The fraction of sp³-hybridized carbons (Fsp3) is 0.321. The SMILES string of the molecule is COc1cc(COC[C@@H](NC(=O)c2ccc(OC)c(C)c2)C(=O)NCCc2ccccn2)cc(OC)c1. The second kappa shape index (κ2) is 13.8. The molecule has 1 atom stereocenters. The van der Waals surface area contributed by atoms with E-state index in [0.717, 1.165) is 16.8 Å². The summed E-state index contributed by atoms with van der Waals surface area (Å²) < 4.78 is 21.7. The van der Waals surface area contributed by atoms with Gasteiger partial charge >= 0.3 is 0 Å². The van der Waals surface area contributed by atoms with Gasteiger partial charge in [0.05, 0.1) is 34.5 Å². The van der Waals surface area contributed by atoms with Crippen LogP contribution in [0.4, 0.5) is 0 Å². The van der Waals surface area contributed by atoms with E-state index in [1.165, 1.54) is 0 Å². The van der Waals surface area contributed by atoms with Gasteiger partial charge in [-0.2, -0.15) is 0 Å². The van der Waals surface area contributed by atoms with Gasteiger partial charge in [-0.15, -0.1) is 0 Å². The quantitative estimate of drug-likeness (QED) is 0.366. The highest BCUT2D eigenvalue weighted by Gasteiger charge is 2.22. The molecule has 3 rings (SSSR count). The Balaban J connectivity index is 1.67. The molecule has 37 heavy (non-hydrogen) atoms. The molecule has 0 aliphatic rings. The first-order chi connectivity index (χ1) is 17.9. The number of ether oxygens (including phenoxy) is 4. The van der Waals surface area contributed by atoms with Gasteiger partial charge in [0.1, 0.15) is 23.3 Å². The average Bonchev–Trinajstić information content (AvgIpc) is 2.92. The predicted molar refractivity (Wildman–Crippen MR) is 139 cm³/mol. The number of rotatable bonds is 13. The molecule has 9 nitrogen and oxygen atoms in total. The molecule has 0 fully saturated rings. The van der Waals surface area contributed by atoms with Crippen molar-refractivity contribution >= 4 is 11.8 Å². The zero-order valence-corrected chi connectivity index (χ0v) is 21.6. The van der Waals surface area contributed by atoms with E-state index in [1.54, 1.807) is 51.8 Å². The summed E-state index contributed by atoms with van der Waals surface area (Å²) in [6.07, 6.45) is 2.27. The lowest BCUT2D eigenvalue weighted by molar-refractivity contribution is -0.124. The Hall–Kier alpha value is -4.11. The number of amides is 2. The van der Waals surface area contributed by atoms with Gasteiger partial charge in [0, 0.05) is 36.5 Å². The molecule has 0 saturated carbocycles. The first-order valence-corrected chi connectivity index (χ1v) is 11.9. The van der Waals surface area contributed by atoms with E-state index in [-0.39, 0.29) is 25.0 Å². The smallest absolute Gasteiger partial charge is 0.252 e. The van der Waals surface area contributed by atoms with Crippen LogP contribution in [0.25, 0.3) is 0 Å². The van der Waals surface area contributed by atoms with Crippen molar-refractivity contribution in [1.29, 1.82) is 0 Å². The molecular formula is C28H33N3O6. The van der Waals surface area contributed by atoms with Crippen molar-refractivity contribution in [2.24, 2.45) is 0 Å². The third-order valence-electron chi connectivity index (χ3n) is 5.65. The van der Waals surface area contributed by atoms with E-state index >= 15 is 0 Å². The van der Waals surface area contributed by atoms with Crippen molar-refractivity contribution < 1.29 is 28.5 Å². The zero-order valence-electron chi connectivity index (χ0n) is 21.6. The highest BCUT2D eigenvalue weighted by atomic mass is 16.5. The minimum Gasteiger partial charge on any atom is -0.497 e. The lowest BCUT2D eigenvalue weighted by Gasteiger charge is -2.19. The van der Waals surface area contributed by atoms with Gasteiger partial charge in [-0.3, -0.25) is 14.6 Å². The van der Waals surface area contributed by atoms with Crippen LogP contribution in [0.5, 0.6) is 17.2 Å². The number of nitrogens with one attached hydrogen (secondary N) is 2. The molecule has 196 valence electrons. The first-order valence-electron chi connectivity index (χ1n) is 11.9. The van der Waals surface area contributed by atoms with Crippen molar-refractivity contribution in [2.75, 3.05) is 34.5 Å². The molecule has 2 aromatic carbocycles. The van der Waals surface area contributed by atoms with Crippen LogP contribution in [0.2, 0.25) is 0 Å². The third-order valence-corrected chi connectivity index (χ3v) is 5.65. The van der Waals surface area contributed by atoms with Gasteiger partial charge in [-0.25, -0.2) is 0 Å². The molecule has 1 aromatic heterocycles. The molecule has 1 heterocycles. The molecule has 0 radical (unpaired) electrons. The first kappa shape index (κ1) is 27.5. The average molecular weight is 508 g/mol. The van der Waals surface area contributed by atoms with E-state index in [0.29, 0.717) is 35.8 Å². The largest absolute Gasteiger partial charge is 0.497 e. The topological polar surface area (TPSA) is 108 Å². The summed E-state index contributed by atoms with van der Waals surface area (Å²) in [5.41, 5.74) is 2.90. The number of aryl methyl sites for hydroxylation is 1. The molecule has 9 heteroatoms. The van der Waals surface area contributed by atoms with Crippen LogP contribution in [0.1, 0.15) is 27.2 Å². The van der Waals surface area contributed by atoms with Crippen LogP contribution in [0.3, 0.4) is 0 Å². The number of benzene rings is 2. The molecule has 0 aliphatic heterocycles. The number of pyridine rings is 1. The standard InChI is InChI=1S/C28H33N3O6/c1-19-13-21(8-9-26(19)36-4)27(32)31-25(28(33)30-12-10-22-7-5-6-11-29-22)18-37-17-20-14-23(34-2)16-24(15-20)35-3/h5-9,11,13-16,25H,10,12,17-18H2,1-4H3,(H,30,33)(H,31,32)/t25-/m1/s1. The minimum absolute atomic E-state index is 0.0319. The number of hydrogen-bond acceptors (Lipinski definition) is 7. The number of methoxy groups -OCH3 is 3. The summed E-state index contributed by atoms with van der Waals surface area (Å²) >= 11 is 0. The Labute approximate surface area is 217 Å². The van der Waals surface area contributed by atoms with Gasteiger partial charge in [0.2, 0.25) is 5.91 Å². The van der Waals surface area contributed by atoms with Crippen molar-refractivity contribution in [3.8, 4) is 17.2 Å². The number of nitrogens with zero attached hydrogens (tertiary/aromatic N) is 1. The zero-order chi connectivity index (χ0) is 26.6. The molecule has 2 N–H and O–H groups in total. The Kier molecular flexibility index (Phi) is 10.3. The number of carbonyl (C=O) groups is 2. The molecule has 3 aromatic rings. The van der Waals surface area contributed by atoms with E-state index < -0.39 is 6.04 Å². The fourth-order valence-corrected chi connectivity index (χ4v) is 3.67. The third kappa shape index (κ3) is 8.22. The maximum Gasteiger partial charge on any atom is 0.252 e. The summed E-state index contributed by atoms with van der Waals surface area (Å²) in [7, 11) is 4.71. The van der Waals surface area contributed by atoms with Gasteiger partial charge in [-0.05, 0) is 60.5 Å². The molecule has 0 spiro atoms. The summed E-state index contributed by atoms with van der Waals surface area (Å²) in [5.74, 6) is 1.20. The van der Waals surface area contributed by atoms with Crippen LogP contribution in [0.15, 0.2) is 60.8 Å². The number of carbonyl (C=O) groups excluding carboxylic acids is 2. The second-order valence-electron chi connectivity index (χ2n) is 8.31. The van der Waals surface area contributed by atoms with E-state index in [4.69, 9.17) is 18.9 Å². The maximum atomic E-state index is 13.0. The van der Waals surface area contributed by atoms with Gasteiger partial charge in [0.15, 0.2) is 0 Å². The van der Waals surface area contributed by atoms with E-state index in [1.807, 2.05) is 37.3 Å². The monoisotopic (exact) mass is 507 g/mol. The molecule has 0 saturated heterocycles. The van der Waals surface area contributed by atoms with Crippen molar-refractivity contribution in [2.45, 2.75) is 26.0 Å². The van der Waals surface area contributed by atoms with E-state index in [2.05, 4.69) is 15.6 Å². The normalized spacial score (nSPS) is 11.4. The Morgan fingerprint density at radius 3 is 2.32 bits per heavy atom. The van der Waals surface area contributed by atoms with Gasteiger partial charge in [-0.1, -0.05) is 6.07 Å². The Morgan fingerprint density at radius 1 is 0.946 bits per heavy atom. The minimum atomic E-state index is -0.911. The summed E-state index contributed by atoms with van der Waals surface area (Å²) in [6.45, 7) is 2.39. The molecule has 0 aliphatic carbocycles. The highest BCUT2D eigenvalue weighted by Crippen LogP contribution is 2.23.